The Balaban J connectivity index is 1.65. The van der Waals surface area contributed by atoms with Crippen molar-refractivity contribution in [2.24, 2.45) is 5.92 Å². The normalized spacial score (nSPS) is 20.0. The van der Waals surface area contributed by atoms with Crippen molar-refractivity contribution in [1.82, 2.24) is 10.1 Å². The predicted molar refractivity (Wildman–Crippen MR) is 80.0 cm³/mol. The Morgan fingerprint density at radius 1 is 1.38 bits per heavy atom. The molecule has 1 aliphatic rings. The van der Waals surface area contributed by atoms with E-state index in [0.29, 0.717) is 30.0 Å². The molecule has 2 aromatic rings. The van der Waals surface area contributed by atoms with Crippen molar-refractivity contribution in [2.75, 3.05) is 7.05 Å². The van der Waals surface area contributed by atoms with E-state index < -0.39 is 11.7 Å². The Labute approximate surface area is 137 Å². The van der Waals surface area contributed by atoms with Crippen LogP contribution >= 0.6 is 0 Å². The first-order valence-electron chi connectivity index (χ1n) is 7.60. The van der Waals surface area contributed by atoms with Crippen LogP contribution in [0.1, 0.15) is 34.9 Å². The van der Waals surface area contributed by atoms with Gasteiger partial charge < -0.3 is 9.42 Å². The lowest BCUT2D eigenvalue weighted by Gasteiger charge is -2.15. The molecule has 0 aliphatic heterocycles. The third kappa shape index (κ3) is 3.44. The predicted octanol–water partition coefficient (Wildman–Crippen LogP) is 3.76. The van der Waals surface area contributed by atoms with Crippen LogP contribution in [0.4, 0.5) is 13.2 Å². The minimum atomic E-state index is -4.37. The number of amides is 1. The van der Waals surface area contributed by atoms with Crippen LogP contribution in [0, 0.1) is 12.8 Å². The van der Waals surface area contributed by atoms with Crippen molar-refractivity contribution in [3.8, 4) is 0 Å². The molecule has 7 heteroatoms. The fourth-order valence-corrected chi connectivity index (χ4v) is 2.88. The lowest BCUT2D eigenvalue weighted by molar-refractivity contribution is -0.137. The van der Waals surface area contributed by atoms with Crippen molar-refractivity contribution >= 4 is 5.91 Å². The summed E-state index contributed by atoms with van der Waals surface area (Å²) < 4.78 is 43.3. The highest BCUT2D eigenvalue weighted by Crippen LogP contribution is 2.49. The molecule has 3 rings (SSSR count). The van der Waals surface area contributed by atoms with Crippen molar-refractivity contribution in [3.05, 3.63) is 52.9 Å². The molecule has 2 atom stereocenters. The largest absolute Gasteiger partial charge is 0.416 e. The van der Waals surface area contributed by atoms with Gasteiger partial charge in [-0.3, -0.25) is 4.79 Å². The summed E-state index contributed by atoms with van der Waals surface area (Å²) in [6.45, 7) is 2.09. The molecule has 24 heavy (non-hydrogen) atoms. The Kier molecular flexibility index (Phi) is 4.11. The average Bonchev–Trinajstić information content (AvgIpc) is 3.22. The third-order valence-corrected chi connectivity index (χ3v) is 4.20. The number of rotatable bonds is 4. The molecule has 0 saturated heterocycles. The summed E-state index contributed by atoms with van der Waals surface area (Å²) in [6, 6.07) is 6.97. The zero-order valence-corrected chi connectivity index (χ0v) is 13.3. The highest BCUT2D eigenvalue weighted by Gasteiger charge is 2.45. The van der Waals surface area contributed by atoms with Crippen LogP contribution in [-0.4, -0.2) is 23.0 Å². The SMILES string of the molecule is Cc1cc(CN(C)C(=O)[C@H]2C[C@@H]2c2cccc(C(F)(F)F)c2)no1. The number of hydrogen-bond acceptors (Lipinski definition) is 3. The molecule has 128 valence electrons. The van der Waals surface area contributed by atoms with Crippen molar-refractivity contribution in [2.45, 2.75) is 32.0 Å². The fraction of sp³-hybridized carbons (Fsp3) is 0.412. The van der Waals surface area contributed by atoms with Gasteiger partial charge in [-0.1, -0.05) is 23.4 Å². The number of aromatic nitrogens is 1. The van der Waals surface area contributed by atoms with E-state index in [1.807, 2.05) is 0 Å². The Morgan fingerprint density at radius 3 is 2.75 bits per heavy atom. The van der Waals surface area contributed by atoms with Gasteiger partial charge >= 0.3 is 6.18 Å². The molecular weight excluding hydrogens is 321 g/mol. The Morgan fingerprint density at radius 2 is 2.12 bits per heavy atom. The summed E-state index contributed by atoms with van der Waals surface area (Å²) in [5, 5.41) is 3.84. The Bertz CT molecular complexity index is 754. The number of carbonyl (C=O) groups is 1. The molecule has 1 aromatic heterocycles. The van der Waals surface area contributed by atoms with E-state index in [9.17, 15) is 18.0 Å². The summed E-state index contributed by atoms with van der Waals surface area (Å²) in [5.41, 5.74) is 0.540. The standard InChI is InChI=1S/C17H17F3N2O2/c1-10-6-13(21-24-10)9-22(2)16(23)15-8-14(15)11-4-3-5-12(7-11)17(18,19)20/h3-7,14-15H,8-9H2,1-2H3/t14-,15+/m1/s1. The summed E-state index contributed by atoms with van der Waals surface area (Å²) in [5.74, 6) is 0.157. The second-order valence-electron chi connectivity index (χ2n) is 6.20. The van der Waals surface area contributed by atoms with E-state index in [0.717, 1.165) is 12.1 Å². The molecule has 1 saturated carbocycles. The van der Waals surface area contributed by atoms with Crippen LogP contribution in [0.2, 0.25) is 0 Å². The van der Waals surface area contributed by atoms with Crippen molar-refractivity contribution in [3.63, 3.8) is 0 Å². The van der Waals surface area contributed by atoms with E-state index in [2.05, 4.69) is 5.16 Å². The maximum Gasteiger partial charge on any atom is 0.416 e. The van der Waals surface area contributed by atoms with E-state index in [4.69, 9.17) is 4.52 Å². The van der Waals surface area contributed by atoms with E-state index >= 15 is 0 Å². The molecule has 0 radical (unpaired) electrons. The molecule has 1 aromatic carbocycles. The third-order valence-electron chi connectivity index (χ3n) is 4.20. The van der Waals surface area contributed by atoms with Gasteiger partial charge in [0.15, 0.2) is 0 Å². The van der Waals surface area contributed by atoms with Crippen molar-refractivity contribution in [1.29, 1.82) is 0 Å². The van der Waals surface area contributed by atoms with E-state index in [1.54, 1.807) is 26.1 Å². The van der Waals surface area contributed by atoms with Gasteiger partial charge in [0.25, 0.3) is 0 Å². The minimum absolute atomic E-state index is 0.0851. The number of carbonyl (C=O) groups excluding carboxylic acids is 1. The molecular formula is C17H17F3N2O2. The molecule has 1 heterocycles. The molecule has 0 spiro atoms. The van der Waals surface area contributed by atoms with Gasteiger partial charge in [0.1, 0.15) is 11.5 Å². The highest BCUT2D eigenvalue weighted by atomic mass is 19.4. The summed E-state index contributed by atoms with van der Waals surface area (Å²) in [6.07, 6.45) is -3.80. The van der Waals surface area contributed by atoms with Gasteiger partial charge in [0.05, 0.1) is 12.1 Å². The maximum atomic E-state index is 12.8. The van der Waals surface area contributed by atoms with Crippen molar-refractivity contribution < 1.29 is 22.5 Å². The van der Waals surface area contributed by atoms with Crippen LogP contribution in [0.5, 0.6) is 0 Å². The second-order valence-corrected chi connectivity index (χ2v) is 6.20. The zero-order valence-electron chi connectivity index (χ0n) is 13.3. The quantitative estimate of drug-likeness (QED) is 0.853. The van der Waals surface area contributed by atoms with E-state index in [-0.39, 0.29) is 17.7 Å². The smallest absolute Gasteiger partial charge is 0.361 e. The first-order chi connectivity index (χ1) is 11.3. The van der Waals surface area contributed by atoms with Crippen LogP contribution in [0.3, 0.4) is 0 Å². The maximum absolute atomic E-state index is 12.8. The van der Waals surface area contributed by atoms with Crippen LogP contribution in [-0.2, 0) is 17.5 Å². The molecule has 0 N–H and O–H groups in total. The van der Waals surface area contributed by atoms with Gasteiger partial charge in [0, 0.05) is 19.0 Å². The summed E-state index contributed by atoms with van der Waals surface area (Å²) >= 11 is 0. The molecule has 4 nitrogen and oxygen atoms in total. The minimum Gasteiger partial charge on any atom is -0.361 e. The highest BCUT2D eigenvalue weighted by molar-refractivity contribution is 5.82. The number of aryl methyl sites for hydroxylation is 1. The zero-order chi connectivity index (χ0) is 17.5. The number of benzene rings is 1. The average molecular weight is 338 g/mol. The summed E-state index contributed by atoms with van der Waals surface area (Å²) in [7, 11) is 1.66. The lowest BCUT2D eigenvalue weighted by atomic mass is 10.1. The first-order valence-corrected chi connectivity index (χ1v) is 7.60. The second kappa shape index (κ2) is 5.96. The number of halogens is 3. The fourth-order valence-electron chi connectivity index (χ4n) is 2.88. The van der Waals surface area contributed by atoms with Gasteiger partial charge in [-0.15, -0.1) is 0 Å². The summed E-state index contributed by atoms with van der Waals surface area (Å²) in [4.78, 5) is 14.0. The first kappa shape index (κ1) is 16.5. The molecule has 1 fully saturated rings. The number of nitrogens with zero attached hydrogens (tertiary/aromatic N) is 2. The molecule has 1 aliphatic carbocycles. The van der Waals surface area contributed by atoms with Gasteiger partial charge in [-0.05, 0) is 30.9 Å². The van der Waals surface area contributed by atoms with Gasteiger partial charge in [0.2, 0.25) is 5.91 Å². The van der Waals surface area contributed by atoms with Crippen LogP contribution in [0.15, 0.2) is 34.9 Å². The number of hydrogen-bond donors (Lipinski definition) is 0. The van der Waals surface area contributed by atoms with Crippen LogP contribution < -0.4 is 0 Å². The molecule has 0 unspecified atom stereocenters. The molecule has 1 amide bonds. The monoisotopic (exact) mass is 338 g/mol. The van der Waals surface area contributed by atoms with Gasteiger partial charge in [-0.25, -0.2) is 0 Å². The van der Waals surface area contributed by atoms with E-state index in [1.165, 1.54) is 11.0 Å². The topological polar surface area (TPSA) is 46.3 Å². The van der Waals surface area contributed by atoms with Crippen LogP contribution in [0.25, 0.3) is 0 Å². The van der Waals surface area contributed by atoms with Gasteiger partial charge in [-0.2, -0.15) is 13.2 Å². The lowest BCUT2D eigenvalue weighted by Crippen LogP contribution is -2.28. The Hall–Kier alpha value is -2.31. The molecule has 0 bridgehead atoms. The number of alkyl halides is 3.